The molecule has 0 saturated heterocycles. The molecule has 20 heavy (non-hydrogen) atoms. The van der Waals surface area contributed by atoms with Gasteiger partial charge in [0.15, 0.2) is 0 Å². The van der Waals surface area contributed by atoms with Crippen molar-refractivity contribution in [2.24, 2.45) is 5.41 Å². The molecule has 1 aromatic rings. The summed E-state index contributed by atoms with van der Waals surface area (Å²) in [6.45, 7) is 6.85. The Morgan fingerprint density at radius 2 is 1.95 bits per heavy atom. The number of nitrogens with one attached hydrogen (secondary N) is 2. The van der Waals surface area contributed by atoms with Crippen molar-refractivity contribution >= 4 is 29.3 Å². The zero-order valence-electron chi connectivity index (χ0n) is 11.8. The van der Waals surface area contributed by atoms with Crippen LogP contribution in [-0.4, -0.2) is 23.7 Å². The first-order valence-corrected chi connectivity index (χ1v) is 6.64. The summed E-state index contributed by atoms with van der Waals surface area (Å²) in [4.78, 5) is 22.5. The van der Waals surface area contributed by atoms with Gasteiger partial charge in [0.1, 0.15) is 0 Å². The third-order valence-corrected chi connectivity index (χ3v) is 2.93. The van der Waals surface area contributed by atoms with E-state index in [2.05, 4.69) is 31.4 Å². The van der Waals surface area contributed by atoms with Crippen LogP contribution >= 0.6 is 11.6 Å². The molecular formula is C14H19ClN2O3. The molecule has 2 amide bonds. The number of carbonyl (C=O) groups excluding carboxylic acids is 1. The fourth-order valence-corrected chi connectivity index (χ4v) is 1.75. The number of hydrogen-bond acceptors (Lipinski definition) is 2. The van der Waals surface area contributed by atoms with Gasteiger partial charge in [-0.05, 0) is 30.0 Å². The highest BCUT2D eigenvalue weighted by molar-refractivity contribution is 6.33. The molecule has 0 bridgehead atoms. The van der Waals surface area contributed by atoms with Crippen LogP contribution in [0.1, 0.15) is 37.6 Å². The van der Waals surface area contributed by atoms with Gasteiger partial charge < -0.3 is 15.7 Å². The summed E-state index contributed by atoms with van der Waals surface area (Å²) in [6.07, 6.45) is 0.860. The SMILES string of the molecule is CC(C)(C)CCNC(=O)Nc1ccc(C(=O)O)c(Cl)c1. The maximum Gasteiger partial charge on any atom is 0.337 e. The van der Waals surface area contributed by atoms with Crippen LogP contribution in [0.15, 0.2) is 18.2 Å². The molecule has 5 nitrogen and oxygen atoms in total. The smallest absolute Gasteiger partial charge is 0.337 e. The van der Waals surface area contributed by atoms with Gasteiger partial charge in [-0.1, -0.05) is 32.4 Å². The molecule has 0 aliphatic carbocycles. The summed E-state index contributed by atoms with van der Waals surface area (Å²) in [5, 5.41) is 14.3. The van der Waals surface area contributed by atoms with E-state index in [9.17, 15) is 9.59 Å². The molecule has 3 N–H and O–H groups in total. The lowest BCUT2D eigenvalue weighted by Gasteiger charge is -2.18. The van der Waals surface area contributed by atoms with E-state index in [1.165, 1.54) is 18.2 Å². The minimum Gasteiger partial charge on any atom is -0.478 e. The summed E-state index contributed by atoms with van der Waals surface area (Å²) in [5.74, 6) is -1.10. The molecule has 110 valence electrons. The lowest BCUT2D eigenvalue weighted by Crippen LogP contribution is -2.31. The molecule has 0 spiro atoms. The van der Waals surface area contributed by atoms with Crippen molar-refractivity contribution in [2.45, 2.75) is 27.2 Å². The van der Waals surface area contributed by atoms with Gasteiger partial charge in [0, 0.05) is 12.2 Å². The van der Waals surface area contributed by atoms with Gasteiger partial charge in [-0.2, -0.15) is 0 Å². The van der Waals surface area contributed by atoms with Gasteiger partial charge in [0.25, 0.3) is 0 Å². The van der Waals surface area contributed by atoms with Crippen molar-refractivity contribution in [1.82, 2.24) is 5.32 Å². The minimum atomic E-state index is -1.10. The standard InChI is InChI=1S/C14H19ClN2O3/c1-14(2,3)6-7-16-13(20)17-9-4-5-10(12(18)19)11(15)8-9/h4-5,8H,6-7H2,1-3H3,(H,18,19)(H2,16,17,20). The lowest BCUT2D eigenvalue weighted by atomic mass is 9.92. The Balaban J connectivity index is 2.54. The number of benzene rings is 1. The Kier molecular flexibility index (Phi) is 5.39. The van der Waals surface area contributed by atoms with Crippen LogP contribution < -0.4 is 10.6 Å². The highest BCUT2D eigenvalue weighted by Crippen LogP contribution is 2.21. The number of rotatable bonds is 4. The fourth-order valence-electron chi connectivity index (χ4n) is 1.49. The van der Waals surface area contributed by atoms with E-state index in [-0.39, 0.29) is 22.0 Å². The van der Waals surface area contributed by atoms with E-state index in [0.717, 1.165) is 6.42 Å². The fraction of sp³-hybridized carbons (Fsp3) is 0.429. The van der Waals surface area contributed by atoms with Gasteiger partial charge >= 0.3 is 12.0 Å². The Morgan fingerprint density at radius 1 is 1.30 bits per heavy atom. The third-order valence-electron chi connectivity index (χ3n) is 2.62. The topological polar surface area (TPSA) is 78.4 Å². The van der Waals surface area contributed by atoms with Crippen LogP contribution in [0.25, 0.3) is 0 Å². The number of carboxylic acid groups (broad SMARTS) is 1. The molecule has 0 aromatic heterocycles. The largest absolute Gasteiger partial charge is 0.478 e. The van der Waals surface area contributed by atoms with Crippen LogP contribution in [0.4, 0.5) is 10.5 Å². The van der Waals surface area contributed by atoms with Crippen LogP contribution in [0.2, 0.25) is 5.02 Å². The number of hydrogen-bond donors (Lipinski definition) is 3. The predicted octanol–water partition coefficient (Wildman–Crippen LogP) is 3.60. The summed E-state index contributed by atoms with van der Waals surface area (Å²) >= 11 is 5.82. The van der Waals surface area contributed by atoms with Crippen molar-refractivity contribution in [3.8, 4) is 0 Å². The maximum absolute atomic E-state index is 11.6. The van der Waals surface area contributed by atoms with Crippen LogP contribution in [0.3, 0.4) is 0 Å². The minimum absolute atomic E-state index is 0.00496. The molecule has 0 aliphatic rings. The van der Waals surface area contributed by atoms with Crippen LogP contribution in [-0.2, 0) is 0 Å². The van der Waals surface area contributed by atoms with Crippen molar-refractivity contribution in [1.29, 1.82) is 0 Å². The van der Waals surface area contributed by atoms with Crippen molar-refractivity contribution in [3.05, 3.63) is 28.8 Å². The molecule has 0 aliphatic heterocycles. The molecule has 1 rings (SSSR count). The number of amides is 2. The molecule has 6 heteroatoms. The molecule has 0 atom stereocenters. The van der Waals surface area contributed by atoms with Crippen molar-refractivity contribution in [3.63, 3.8) is 0 Å². The summed E-state index contributed by atoms with van der Waals surface area (Å²) in [7, 11) is 0. The molecule has 0 heterocycles. The van der Waals surface area contributed by atoms with Crippen molar-refractivity contribution < 1.29 is 14.7 Å². The average Bonchev–Trinajstić information content (AvgIpc) is 2.26. The predicted molar refractivity (Wildman–Crippen MR) is 79.5 cm³/mol. The van der Waals surface area contributed by atoms with Gasteiger partial charge in [0.2, 0.25) is 0 Å². The number of carboxylic acids is 1. The number of aromatic carboxylic acids is 1. The summed E-state index contributed by atoms with van der Waals surface area (Å²) in [5.41, 5.74) is 0.610. The molecule has 0 fully saturated rings. The molecule has 0 radical (unpaired) electrons. The maximum atomic E-state index is 11.6. The third kappa shape index (κ3) is 5.48. The number of anilines is 1. The van der Waals surface area contributed by atoms with E-state index in [4.69, 9.17) is 16.7 Å². The summed E-state index contributed by atoms with van der Waals surface area (Å²) < 4.78 is 0. The van der Waals surface area contributed by atoms with E-state index in [0.29, 0.717) is 12.2 Å². The molecule has 0 unspecified atom stereocenters. The zero-order chi connectivity index (χ0) is 15.3. The normalized spacial score (nSPS) is 11.0. The van der Waals surface area contributed by atoms with Crippen LogP contribution in [0.5, 0.6) is 0 Å². The monoisotopic (exact) mass is 298 g/mol. The highest BCUT2D eigenvalue weighted by Gasteiger charge is 2.12. The van der Waals surface area contributed by atoms with E-state index < -0.39 is 5.97 Å². The lowest BCUT2D eigenvalue weighted by molar-refractivity contribution is 0.0697. The highest BCUT2D eigenvalue weighted by atomic mass is 35.5. The van der Waals surface area contributed by atoms with E-state index in [1.807, 2.05) is 0 Å². The Labute approximate surface area is 123 Å². The number of halogens is 1. The van der Waals surface area contributed by atoms with Gasteiger partial charge in [-0.3, -0.25) is 0 Å². The number of urea groups is 1. The first-order valence-electron chi connectivity index (χ1n) is 6.27. The van der Waals surface area contributed by atoms with E-state index >= 15 is 0 Å². The Bertz CT molecular complexity index is 510. The summed E-state index contributed by atoms with van der Waals surface area (Å²) in [6, 6.07) is 3.93. The van der Waals surface area contributed by atoms with Gasteiger partial charge in [-0.25, -0.2) is 9.59 Å². The number of carbonyl (C=O) groups is 2. The second-order valence-corrected chi connectivity index (χ2v) is 6.10. The van der Waals surface area contributed by atoms with Gasteiger partial charge in [-0.15, -0.1) is 0 Å². The first-order chi connectivity index (χ1) is 9.19. The Hall–Kier alpha value is -1.75. The molecule has 1 aromatic carbocycles. The Morgan fingerprint density at radius 3 is 2.45 bits per heavy atom. The van der Waals surface area contributed by atoms with Gasteiger partial charge in [0.05, 0.1) is 10.6 Å². The zero-order valence-corrected chi connectivity index (χ0v) is 12.5. The second kappa shape index (κ2) is 6.61. The van der Waals surface area contributed by atoms with Crippen LogP contribution in [0, 0.1) is 5.41 Å². The second-order valence-electron chi connectivity index (χ2n) is 5.69. The average molecular weight is 299 g/mol. The van der Waals surface area contributed by atoms with E-state index in [1.54, 1.807) is 0 Å². The first kappa shape index (κ1) is 16.3. The molecule has 0 saturated carbocycles. The molecular weight excluding hydrogens is 280 g/mol. The quantitative estimate of drug-likeness (QED) is 0.794. The van der Waals surface area contributed by atoms with Crippen molar-refractivity contribution in [2.75, 3.05) is 11.9 Å².